The average Bonchev–Trinajstić information content (AvgIpc) is 2.52. The van der Waals surface area contributed by atoms with Crippen LogP contribution < -0.4 is 19.9 Å². The van der Waals surface area contributed by atoms with Gasteiger partial charge in [0, 0.05) is 6.54 Å². The van der Waals surface area contributed by atoms with E-state index in [1.807, 2.05) is 0 Å². The molecule has 10 heteroatoms. The smallest absolute Gasteiger partial charge is 0.488 e. The Bertz CT molecular complexity index is 728. The third-order valence-electron chi connectivity index (χ3n) is 2.97. The van der Waals surface area contributed by atoms with Crippen molar-refractivity contribution in [3.8, 4) is 28.4 Å². The van der Waals surface area contributed by atoms with Crippen LogP contribution >= 0.6 is 0 Å². The van der Waals surface area contributed by atoms with Crippen LogP contribution in [0.25, 0.3) is 11.1 Å². The highest BCUT2D eigenvalue weighted by molar-refractivity contribution is 5.67. The molecule has 0 fully saturated rings. The summed E-state index contributed by atoms with van der Waals surface area (Å²) in [5, 5.41) is 0. The van der Waals surface area contributed by atoms with Crippen molar-refractivity contribution in [2.24, 2.45) is 5.73 Å². The van der Waals surface area contributed by atoms with Crippen molar-refractivity contribution in [2.75, 3.05) is 13.2 Å². The van der Waals surface area contributed by atoms with Crippen molar-refractivity contribution < 1.29 is 40.6 Å². The summed E-state index contributed by atoms with van der Waals surface area (Å²) in [6.07, 6.45) is -9.72. The van der Waals surface area contributed by atoms with Gasteiger partial charge in [0.2, 0.25) is 0 Å². The predicted molar refractivity (Wildman–Crippen MR) is 79.8 cm³/mol. The summed E-state index contributed by atoms with van der Waals surface area (Å²) in [6.45, 7) is 0.0230. The lowest BCUT2D eigenvalue weighted by Crippen LogP contribution is -2.18. The summed E-state index contributed by atoms with van der Waals surface area (Å²) in [5.74, 6) is -1.16. The van der Waals surface area contributed by atoms with E-state index in [-0.39, 0.29) is 18.9 Å². The molecule has 0 radical (unpaired) electrons. The quantitative estimate of drug-likeness (QED) is 0.750. The van der Waals surface area contributed by atoms with Gasteiger partial charge in [0.05, 0.1) is 0 Å². The lowest BCUT2D eigenvalue weighted by atomic mass is 10.1. The summed E-state index contributed by atoms with van der Waals surface area (Å²) < 4.78 is 86.6. The van der Waals surface area contributed by atoms with E-state index in [1.165, 1.54) is 24.3 Å². The first-order valence-electron chi connectivity index (χ1n) is 7.16. The molecule has 0 bridgehead atoms. The standard InChI is InChI=1S/C16H13F6NO3/c17-15(18,19)25-12-4-1-10(2-5-12)11-3-6-13(26-16(20,21)22)14(9-11)24-8-7-23/h1-6,9H,7-8,23H2. The Labute approximate surface area is 144 Å². The number of nitrogens with two attached hydrogens (primary N) is 1. The van der Waals surface area contributed by atoms with E-state index in [2.05, 4.69) is 9.47 Å². The van der Waals surface area contributed by atoms with Gasteiger partial charge in [0.25, 0.3) is 0 Å². The topological polar surface area (TPSA) is 53.7 Å². The lowest BCUT2D eigenvalue weighted by molar-refractivity contribution is -0.275. The van der Waals surface area contributed by atoms with Crippen LogP contribution in [0.5, 0.6) is 17.2 Å². The lowest BCUT2D eigenvalue weighted by Gasteiger charge is -2.15. The molecule has 0 aliphatic heterocycles. The van der Waals surface area contributed by atoms with Crippen molar-refractivity contribution >= 4 is 0 Å². The van der Waals surface area contributed by atoms with Crippen LogP contribution in [0.1, 0.15) is 0 Å². The Morgan fingerprint density at radius 2 is 1.31 bits per heavy atom. The molecule has 2 N–H and O–H groups in total. The summed E-state index contributed by atoms with van der Waals surface area (Å²) in [4.78, 5) is 0. The first kappa shape index (κ1) is 19.7. The van der Waals surface area contributed by atoms with Gasteiger partial charge >= 0.3 is 12.7 Å². The molecule has 2 aromatic carbocycles. The molecule has 2 rings (SSSR count). The van der Waals surface area contributed by atoms with Gasteiger partial charge in [-0.05, 0) is 35.4 Å². The Balaban J connectivity index is 2.28. The normalized spacial score (nSPS) is 12.0. The number of benzene rings is 2. The zero-order valence-electron chi connectivity index (χ0n) is 13.0. The minimum atomic E-state index is -4.90. The summed E-state index contributed by atoms with van der Waals surface area (Å²) in [7, 11) is 0. The molecular weight excluding hydrogens is 368 g/mol. The summed E-state index contributed by atoms with van der Waals surface area (Å²) in [5.41, 5.74) is 6.12. The van der Waals surface area contributed by atoms with Crippen LogP contribution in [0.15, 0.2) is 42.5 Å². The van der Waals surface area contributed by atoms with Crippen molar-refractivity contribution in [3.05, 3.63) is 42.5 Å². The molecule has 0 aliphatic rings. The van der Waals surface area contributed by atoms with Gasteiger partial charge in [0.1, 0.15) is 12.4 Å². The highest BCUT2D eigenvalue weighted by Crippen LogP contribution is 2.36. The van der Waals surface area contributed by atoms with Crippen LogP contribution in [0.3, 0.4) is 0 Å². The second-order valence-electron chi connectivity index (χ2n) is 4.92. The molecule has 0 heterocycles. The Hall–Kier alpha value is -2.62. The molecule has 0 spiro atoms. The fourth-order valence-corrected chi connectivity index (χ4v) is 2.03. The van der Waals surface area contributed by atoms with E-state index in [4.69, 9.17) is 10.5 Å². The molecule has 4 nitrogen and oxygen atoms in total. The van der Waals surface area contributed by atoms with Crippen LogP contribution in [0.2, 0.25) is 0 Å². The van der Waals surface area contributed by atoms with Gasteiger partial charge in [0.15, 0.2) is 11.5 Å². The largest absolute Gasteiger partial charge is 0.573 e. The molecule has 26 heavy (non-hydrogen) atoms. The molecule has 2 aromatic rings. The van der Waals surface area contributed by atoms with E-state index in [1.54, 1.807) is 0 Å². The number of ether oxygens (including phenoxy) is 3. The molecule has 0 unspecified atom stereocenters. The SMILES string of the molecule is NCCOc1cc(-c2ccc(OC(F)(F)F)cc2)ccc1OC(F)(F)F. The molecule has 142 valence electrons. The third kappa shape index (κ3) is 6.03. The van der Waals surface area contributed by atoms with Gasteiger partial charge in [-0.1, -0.05) is 18.2 Å². The molecule has 0 aliphatic carbocycles. The molecule has 0 saturated carbocycles. The van der Waals surface area contributed by atoms with Crippen LogP contribution in [0.4, 0.5) is 26.3 Å². The second kappa shape index (κ2) is 7.73. The minimum absolute atomic E-state index is 0.0456. The van der Waals surface area contributed by atoms with E-state index in [0.717, 1.165) is 18.2 Å². The van der Waals surface area contributed by atoms with Crippen molar-refractivity contribution in [3.63, 3.8) is 0 Å². The molecule has 0 amide bonds. The molecule has 0 saturated heterocycles. The van der Waals surface area contributed by atoms with Gasteiger partial charge < -0.3 is 19.9 Å². The third-order valence-corrected chi connectivity index (χ3v) is 2.97. The van der Waals surface area contributed by atoms with Crippen molar-refractivity contribution in [1.82, 2.24) is 0 Å². The molecule has 0 aromatic heterocycles. The molecule has 0 atom stereocenters. The van der Waals surface area contributed by atoms with Gasteiger partial charge in [-0.3, -0.25) is 0 Å². The van der Waals surface area contributed by atoms with E-state index in [0.29, 0.717) is 11.1 Å². The van der Waals surface area contributed by atoms with Crippen LogP contribution in [0, 0.1) is 0 Å². The fraction of sp³-hybridized carbons (Fsp3) is 0.250. The number of rotatable bonds is 6. The van der Waals surface area contributed by atoms with Crippen LogP contribution in [-0.4, -0.2) is 25.9 Å². The van der Waals surface area contributed by atoms with Gasteiger partial charge in [-0.2, -0.15) is 0 Å². The average molecular weight is 381 g/mol. The first-order valence-corrected chi connectivity index (χ1v) is 7.16. The zero-order valence-corrected chi connectivity index (χ0v) is 13.0. The summed E-state index contributed by atoms with van der Waals surface area (Å²) in [6, 6.07) is 8.47. The summed E-state index contributed by atoms with van der Waals surface area (Å²) >= 11 is 0. The van der Waals surface area contributed by atoms with Crippen molar-refractivity contribution in [1.29, 1.82) is 0 Å². The maximum atomic E-state index is 12.4. The minimum Gasteiger partial charge on any atom is -0.488 e. The number of hydrogen-bond acceptors (Lipinski definition) is 4. The van der Waals surface area contributed by atoms with Gasteiger partial charge in [-0.25, -0.2) is 0 Å². The van der Waals surface area contributed by atoms with Gasteiger partial charge in [-0.15, -0.1) is 26.3 Å². The molecular formula is C16H13F6NO3. The highest BCUT2D eigenvalue weighted by atomic mass is 19.4. The van der Waals surface area contributed by atoms with E-state index < -0.39 is 24.2 Å². The number of hydrogen-bond donors (Lipinski definition) is 1. The monoisotopic (exact) mass is 381 g/mol. The van der Waals surface area contributed by atoms with Crippen molar-refractivity contribution in [2.45, 2.75) is 12.7 Å². The maximum absolute atomic E-state index is 12.4. The van der Waals surface area contributed by atoms with E-state index >= 15 is 0 Å². The zero-order chi connectivity index (χ0) is 19.4. The number of alkyl halides is 6. The second-order valence-corrected chi connectivity index (χ2v) is 4.92. The Morgan fingerprint density at radius 3 is 1.85 bits per heavy atom. The highest BCUT2D eigenvalue weighted by Gasteiger charge is 2.33. The Kier molecular flexibility index (Phi) is 5.86. The Morgan fingerprint density at radius 1 is 0.731 bits per heavy atom. The number of halogens is 6. The van der Waals surface area contributed by atoms with E-state index in [9.17, 15) is 26.3 Å². The predicted octanol–water partition coefficient (Wildman–Crippen LogP) is 4.49. The maximum Gasteiger partial charge on any atom is 0.573 e. The van der Waals surface area contributed by atoms with Crippen LogP contribution in [-0.2, 0) is 0 Å². The fourth-order valence-electron chi connectivity index (χ4n) is 2.03. The first-order chi connectivity index (χ1) is 12.1.